The highest BCUT2D eigenvalue weighted by molar-refractivity contribution is 5.74. The molecule has 0 spiro atoms. The van der Waals surface area contributed by atoms with E-state index in [1.165, 1.54) is 0 Å². The van der Waals surface area contributed by atoms with Crippen LogP contribution in [0.2, 0.25) is 0 Å². The van der Waals surface area contributed by atoms with Crippen LogP contribution in [0.15, 0.2) is 0 Å². The molecule has 34 heteroatoms. The van der Waals surface area contributed by atoms with Crippen molar-refractivity contribution in [2.75, 3.05) is 46.2 Å². The molecule has 3 amide bonds. The van der Waals surface area contributed by atoms with Crippen molar-refractivity contribution in [3.05, 3.63) is 0 Å². The van der Waals surface area contributed by atoms with Gasteiger partial charge in [0.15, 0.2) is 31.5 Å². The first-order valence-corrected chi connectivity index (χ1v) is 24.0. The van der Waals surface area contributed by atoms with Crippen LogP contribution in [0.3, 0.4) is 0 Å². The lowest BCUT2D eigenvalue weighted by atomic mass is 9.94. The molecule has 29 unspecified atom stereocenters. The minimum Gasteiger partial charge on any atom is -0.394 e. The van der Waals surface area contributed by atoms with Crippen LogP contribution in [0, 0.1) is 0 Å². The summed E-state index contributed by atoms with van der Waals surface area (Å²) in [7, 11) is 0. The summed E-state index contributed by atoms with van der Waals surface area (Å²) in [6.07, 6.45) is -49.9. The number of hydrogen-bond donors (Lipinski definition) is 21. The van der Waals surface area contributed by atoms with E-state index in [0.29, 0.717) is 0 Å². The Hall–Kier alpha value is -2.71. The first kappa shape index (κ1) is 64.1. The number of carbonyl (C=O) groups is 3. The van der Waals surface area contributed by atoms with Gasteiger partial charge in [-0.15, -0.1) is 0 Å². The van der Waals surface area contributed by atoms with Crippen LogP contribution >= 0.6 is 0 Å². The zero-order chi connectivity index (χ0) is 56.6. The van der Waals surface area contributed by atoms with E-state index < -0.39 is 242 Å². The van der Waals surface area contributed by atoms with Crippen molar-refractivity contribution in [2.24, 2.45) is 0 Å². The maximum absolute atomic E-state index is 12.6. The van der Waals surface area contributed by atoms with Crippen molar-refractivity contribution in [3.63, 3.8) is 0 Å². The standard InChI is InChI=1S/C42H73N3O31/c1-11(52)43-14(4-46)34(73-40-31(64)29(62)24(57)16(5-47)69-40)23(56)15(55)10-67-38-21(44-12(2)53)28(61)35(20(9-51)72-38)74-42-33(66)37(27(60)19(8-50)71-42)76-39-22(45-13(3)54)36(26(59)18(7-49)68-39)75-41-32(65)30(63)25(58)17(6-48)70-41/h14-42,46-51,55-66H,4-10H2,1-3H3,(H,43,52)(H,44,53)(H,45,54). The third kappa shape index (κ3) is 14.8. The summed E-state index contributed by atoms with van der Waals surface area (Å²) in [6.45, 7) is -3.82. The number of aliphatic hydroxyl groups excluding tert-OH is 18. The SMILES string of the molecule is CC(=O)NC(CO)C(OC1OC(CO)C(O)C(O)C1O)C(O)C(O)COC1OC(CO)C(OC2OC(CO)C(O)C(OC3OC(CO)C(O)C(OC4OC(CO)C(O)C(O)C4O)C3NC(C)=O)C2O)C(O)C1NC(C)=O. The third-order valence-corrected chi connectivity index (χ3v) is 13.3. The number of rotatable bonds is 23. The maximum atomic E-state index is 12.6. The van der Waals surface area contributed by atoms with Gasteiger partial charge in [0, 0.05) is 20.8 Å². The first-order valence-electron chi connectivity index (χ1n) is 24.0. The topological polar surface area (TPSA) is 544 Å². The highest BCUT2D eigenvalue weighted by Crippen LogP contribution is 2.35. The van der Waals surface area contributed by atoms with Gasteiger partial charge < -0.3 is 155 Å². The van der Waals surface area contributed by atoms with E-state index in [2.05, 4.69) is 16.0 Å². The molecule has 0 bridgehead atoms. The Morgan fingerprint density at radius 2 is 0.868 bits per heavy atom. The zero-order valence-corrected chi connectivity index (χ0v) is 41.0. The van der Waals surface area contributed by atoms with Gasteiger partial charge in [-0.3, -0.25) is 14.4 Å². The van der Waals surface area contributed by atoms with Crippen LogP contribution in [-0.2, 0) is 61.8 Å². The number of amides is 3. The van der Waals surface area contributed by atoms with Crippen molar-refractivity contribution < 1.29 is 154 Å². The Morgan fingerprint density at radius 1 is 0.447 bits per heavy atom. The summed E-state index contributed by atoms with van der Waals surface area (Å²) >= 11 is 0. The van der Waals surface area contributed by atoms with Crippen LogP contribution in [0.25, 0.3) is 0 Å². The number of ether oxygens (including phenoxy) is 10. The van der Waals surface area contributed by atoms with Gasteiger partial charge in [0.1, 0.15) is 140 Å². The average molecular weight is 1120 g/mol. The quantitative estimate of drug-likeness (QED) is 0.0452. The molecule has 34 nitrogen and oxygen atoms in total. The van der Waals surface area contributed by atoms with Gasteiger partial charge in [-0.25, -0.2) is 0 Å². The van der Waals surface area contributed by atoms with Crippen LogP contribution in [0.1, 0.15) is 20.8 Å². The van der Waals surface area contributed by atoms with E-state index in [4.69, 9.17) is 47.4 Å². The smallest absolute Gasteiger partial charge is 0.217 e. The molecule has 0 aromatic rings. The van der Waals surface area contributed by atoms with Gasteiger partial charge >= 0.3 is 0 Å². The fourth-order valence-corrected chi connectivity index (χ4v) is 9.22. The number of hydrogen-bond acceptors (Lipinski definition) is 31. The molecule has 0 aliphatic carbocycles. The van der Waals surface area contributed by atoms with E-state index in [1.807, 2.05) is 0 Å². The third-order valence-electron chi connectivity index (χ3n) is 13.3. The number of carbonyl (C=O) groups excluding carboxylic acids is 3. The van der Waals surface area contributed by atoms with Crippen LogP contribution in [0.5, 0.6) is 0 Å². The molecule has 21 N–H and O–H groups in total. The molecule has 5 fully saturated rings. The summed E-state index contributed by atoms with van der Waals surface area (Å²) in [6, 6.07) is -5.05. The van der Waals surface area contributed by atoms with Gasteiger partial charge in [0.25, 0.3) is 0 Å². The van der Waals surface area contributed by atoms with Crippen LogP contribution in [-0.4, -0.2) is 334 Å². The van der Waals surface area contributed by atoms with Crippen molar-refractivity contribution in [1.29, 1.82) is 0 Å². The summed E-state index contributed by atoms with van der Waals surface area (Å²) in [5.74, 6) is -2.47. The molecule has 5 rings (SSSR count). The molecule has 29 atom stereocenters. The van der Waals surface area contributed by atoms with Gasteiger partial charge in [0.05, 0.1) is 52.3 Å². The minimum atomic E-state index is -2.23. The average Bonchev–Trinajstić information content (AvgIpc) is 3.38. The van der Waals surface area contributed by atoms with Crippen LogP contribution in [0.4, 0.5) is 0 Å². The predicted octanol–water partition coefficient (Wildman–Crippen LogP) is -14.0. The fourth-order valence-electron chi connectivity index (χ4n) is 9.22. The second kappa shape index (κ2) is 28.6. The summed E-state index contributed by atoms with van der Waals surface area (Å²) in [5.41, 5.74) is 0. The van der Waals surface area contributed by atoms with Crippen molar-refractivity contribution in [3.8, 4) is 0 Å². The summed E-state index contributed by atoms with van der Waals surface area (Å²) < 4.78 is 57.0. The summed E-state index contributed by atoms with van der Waals surface area (Å²) in [4.78, 5) is 37.1. The van der Waals surface area contributed by atoms with Crippen molar-refractivity contribution in [2.45, 2.75) is 199 Å². The molecule has 5 heterocycles. The molecule has 5 aliphatic rings. The highest BCUT2D eigenvalue weighted by Gasteiger charge is 2.57. The molecular weight excluding hydrogens is 1040 g/mol. The highest BCUT2D eigenvalue weighted by atomic mass is 16.8. The normalized spacial score (nSPS) is 43.8. The lowest BCUT2D eigenvalue weighted by Gasteiger charge is -2.50. The molecule has 5 aliphatic heterocycles. The van der Waals surface area contributed by atoms with Crippen molar-refractivity contribution in [1.82, 2.24) is 16.0 Å². The minimum absolute atomic E-state index is 0.784. The van der Waals surface area contributed by atoms with E-state index in [0.717, 1.165) is 20.8 Å². The Bertz CT molecular complexity index is 1820. The first-order chi connectivity index (χ1) is 35.9. The number of aliphatic hydroxyl groups is 18. The van der Waals surface area contributed by atoms with Crippen LogP contribution < -0.4 is 16.0 Å². The largest absolute Gasteiger partial charge is 0.394 e. The van der Waals surface area contributed by atoms with Gasteiger partial charge in [-0.1, -0.05) is 0 Å². The zero-order valence-electron chi connectivity index (χ0n) is 41.0. The molecule has 0 aromatic heterocycles. The predicted molar refractivity (Wildman–Crippen MR) is 236 cm³/mol. The lowest BCUT2D eigenvalue weighted by molar-refractivity contribution is -0.377. The lowest BCUT2D eigenvalue weighted by Crippen LogP contribution is -2.70. The second-order valence-corrected chi connectivity index (χ2v) is 18.8. The molecule has 0 radical (unpaired) electrons. The molecular formula is C42H73N3O31. The van der Waals surface area contributed by atoms with E-state index in [1.54, 1.807) is 0 Å². The van der Waals surface area contributed by atoms with E-state index in [-0.39, 0.29) is 0 Å². The molecule has 76 heavy (non-hydrogen) atoms. The Labute approximate surface area is 431 Å². The Kier molecular flexibility index (Phi) is 24.1. The monoisotopic (exact) mass is 1120 g/mol. The summed E-state index contributed by atoms with van der Waals surface area (Å²) in [5, 5.41) is 199. The van der Waals surface area contributed by atoms with Gasteiger partial charge in [0.2, 0.25) is 17.7 Å². The van der Waals surface area contributed by atoms with Gasteiger partial charge in [-0.2, -0.15) is 0 Å². The van der Waals surface area contributed by atoms with E-state index in [9.17, 15) is 106 Å². The van der Waals surface area contributed by atoms with E-state index >= 15 is 0 Å². The Balaban J connectivity index is 1.36. The molecule has 0 saturated carbocycles. The molecule has 442 valence electrons. The second-order valence-electron chi connectivity index (χ2n) is 18.8. The van der Waals surface area contributed by atoms with Crippen molar-refractivity contribution >= 4 is 17.7 Å². The maximum Gasteiger partial charge on any atom is 0.217 e. The molecule has 5 saturated heterocycles. The number of nitrogens with one attached hydrogen (secondary N) is 3. The fraction of sp³-hybridized carbons (Fsp3) is 0.929. The Morgan fingerprint density at radius 3 is 1.37 bits per heavy atom. The molecule has 0 aromatic carbocycles. The van der Waals surface area contributed by atoms with Gasteiger partial charge in [-0.05, 0) is 0 Å².